The van der Waals surface area contributed by atoms with Crippen LogP contribution in [0.2, 0.25) is 0 Å². The van der Waals surface area contributed by atoms with E-state index in [2.05, 4.69) is 4.90 Å². The summed E-state index contributed by atoms with van der Waals surface area (Å²) in [6, 6.07) is 0. The summed E-state index contributed by atoms with van der Waals surface area (Å²) >= 11 is 0. The highest BCUT2D eigenvalue weighted by Crippen LogP contribution is 2.12. The first-order valence-electron chi connectivity index (χ1n) is 6.94. The Bertz CT molecular complexity index is 250. The minimum absolute atomic E-state index is 0.227. The maximum Gasteiger partial charge on any atom is 0.236 e. The molecule has 0 aromatic heterocycles. The number of β-amino-alcohol motifs (C(OH)–C–C–N with tert-alkyl or cyclic N) is 1. The van der Waals surface area contributed by atoms with Crippen molar-refractivity contribution in [2.45, 2.75) is 44.6 Å². The molecule has 4 heteroatoms. The van der Waals surface area contributed by atoms with Gasteiger partial charge in [0.15, 0.2) is 0 Å². The average molecular weight is 240 g/mol. The molecular weight excluding hydrogens is 216 g/mol. The summed E-state index contributed by atoms with van der Waals surface area (Å²) in [5.41, 5.74) is 0. The molecule has 2 rings (SSSR count). The molecule has 2 saturated heterocycles. The number of hydrogen-bond acceptors (Lipinski definition) is 3. The zero-order chi connectivity index (χ0) is 12.1. The summed E-state index contributed by atoms with van der Waals surface area (Å²) in [6.45, 7) is 3.88. The predicted molar refractivity (Wildman–Crippen MR) is 66.7 cm³/mol. The molecule has 2 fully saturated rings. The molecule has 0 aliphatic carbocycles. The largest absolute Gasteiger partial charge is 0.392 e. The Morgan fingerprint density at radius 1 is 1.06 bits per heavy atom. The first kappa shape index (κ1) is 12.8. The topological polar surface area (TPSA) is 43.8 Å². The van der Waals surface area contributed by atoms with E-state index in [0.717, 1.165) is 38.9 Å². The molecule has 1 atom stereocenters. The van der Waals surface area contributed by atoms with E-state index in [1.807, 2.05) is 4.90 Å². The number of aliphatic hydroxyl groups excluding tert-OH is 1. The minimum atomic E-state index is -0.227. The van der Waals surface area contributed by atoms with Gasteiger partial charge in [0.05, 0.1) is 12.6 Å². The number of carbonyl (C=O) groups is 1. The molecule has 98 valence electrons. The van der Waals surface area contributed by atoms with Gasteiger partial charge in [-0.1, -0.05) is 19.3 Å². The third-order valence-corrected chi connectivity index (χ3v) is 3.82. The molecule has 1 amide bonds. The van der Waals surface area contributed by atoms with Gasteiger partial charge in [0.25, 0.3) is 0 Å². The third kappa shape index (κ3) is 3.96. The Morgan fingerprint density at radius 2 is 1.71 bits per heavy atom. The Kier molecular flexibility index (Phi) is 4.80. The van der Waals surface area contributed by atoms with E-state index in [1.165, 1.54) is 19.3 Å². The Morgan fingerprint density at radius 3 is 2.29 bits per heavy atom. The molecule has 0 spiro atoms. The van der Waals surface area contributed by atoms with E-state index in [-0.39, 0.29) is 12.0 Å². The van der Waals surface area contributed by atoms with Crippen LogP contribution >= 0.6 is 0 Å². The van der Waals surface area contributed by atoms with Gasteiger partial charge in [0.1, 0.15) is 0 Å². The molecule has 0 bridgehead atoms. The van der Waals surface area contributed by atoms with Crippen molar-refractivity contribution in [1.82, 2.24) is 9.80 Å². The summed E-state index contributed by atoms with van der Waals surface area (Å²) in [5, 5.41) is 9.44. The molecule has 0 radical (unpaired) electrons. The number of nitrogens with zero attached hydrogens (tertiary/aromatic N) is 2. The number of rotatable bonds is 2. The maximum atomic E-state index is 12.1. The van der Waals surface area contributed by atoms with Gasteiger partial charge in [-0.2, -0.15) is 0 Å². The fraction of sp³-hybridized carbons (Fsp3) is 0.923. The summed E-state index contributed by atoms with van der Waals surface area (Å²) in [5.74, 6) is 0.251. The predicted octanol–water partition coefficient (Wildman–Crippen LogP) is 0.846. The summed E-state index contributed by atoms with van der Waals surface area (Å²) in [4.78, 5) is 16.2. The third-order valence-electron chi connectivity index (χ3n) is 3.82. The number of amides is 1. The van der Waals surface area contributed by atoms with Crippen LogP contribution in [0, 0.1) is 0 Å². The number of carbonyl (C=O) groups excluding carboxylic acids is 1. The zero-order valence-electron chi connectivity index (χ0n) is 10.6. The van der Waals surface area contributed by atoms with Gasteiger partial charge in [-0.05, 0) is 19.3 Å². The molecular formula is C13H24N2O2. The van der Waals surface area contributed by atoms with E-state index in [1.54, 1.807) is 0 Å². The van der Waals surface area contributed by atoms with Crippen molar-refractivity contribution in [2.24, 2.45) is 0 Å². The Balaban J connectivity index is 1.77. The van der Waals surface area contributed by atoms with Crippen molar-refractivity contribution in [3.05, 3.63) is 0 Å². The van der Waals surface area contributed by atoms with Crippen LogP contribution in [-0.2, 0) is 4.79 Å². The van der Waals surface area contributed by atoms with Gasteiger partial charge in [0.2, 0.25) is 5.91 Å². The summed E-state index contributed by atoms with van der Waals surface area (Å²) < 4.78 is 0. The minimum Gasteiger partial charge on any atom is -0.392 e. The lowest BCUT2D eigenvalue weighted by Crippen LogP contribution is -2.41. The lowest BCUT2D eigenvalue weighted by molar-refractivity contribution is -0.132. The van der Waals surface area contributed by atoms with Crippen LogP contribution in [0.4, 0.5) is 0 Å². The van der Waals surface area contributed by atoms with Gasteiger partial charge in [-0.3, -0.25) is 9.69 Å². The Hall–Kier alpha value is -0.610. The maximum absolute atomic E-state index is 12.1. The summed E-state index contributed by atoms with van der Waals surface area (Å²) in [6.07, 6.45) is 6.71. The number of hydrogen-bond donors (Lipinski definition) is 1. The van der Waals surface area contributed by atoms with E-state index in [0.29, 0.717) is 13.1 Å². The van der Waals surface area contributed by atoms with E-state index >= 15 is 0 Å². The smallest absolute Gasteiger partial charge is 0.236 e. The van der Waals surface area contributed by atoms with Gasteiger partial charge in [-0.15, -0.1) is 0 Å². The lowest BCUT2D eigenvalue weighted by atomic mass is 10.1. The van der Waals surface area contributed by atoms with Crippen LogP contribution < -0.4 is 0 Å². The molecule has 4 nitrogen and oxygen atoms in total. The first-order valence-corrected chi connectivity index (χ1v) is 6.94. The molecule has 0 aromatic carbocycles. The molecule has 1 unspecified atom stereocenters. The number of likely N-dealkylation sites (tertiary alicyclic amines) is 2. The van der Waals surface area contributed by atoms with E-state index in [4.69, 9.17) is 0 Å². The van der Waals surface area contributed by atoms with Crippen LogP contribution in [0.5, 0.6) is 0 Å². The van der Waals surface area contributed by atoms with Crippen molar-refractivity contribution in [1.29, 1.82) is 0 Å². The molecule has 2 aliphatic heterocycles. The van der Waals surface area contributed by atoms with Gasteiger partial charge >= 0.3 is 0 Å². The second kappa shape index (κ2) is 6.36. The SMILES string of the molecule is O=C(CN1CCC(O)C1)N1CCCCCCC1. The highest BCUT2D eigenvalue weighted by molar-refractivity contribution is 5.78. The molecule has 2 heterocycles. The van der Waals surface area contributed by atoms with Crippen molar-refractivity contribution in [2.75, 3.05) is 32.7 Å². The van der Waals surface area contributed by atoms with Crippen LogP contribution in [0.1, 0.15) is 38.5 Å². The van der Waals surface area contributed by atoms with Crippen LogP contribution in [0.3, 0.4) is 0 Å². The van der Waals surface area contributed by atoms with Crippen molar-refractivity contribution >= 4 is 5.91 Å². The molecule has 2 aliphatic rings. The fourth-order valence-electron chi connectivity index (χ4n) is 2.74. The average Bonchev–Trinajstić information content (AvgIpc) is 2.63. The van der Waals surface area contributed by atoms with Gasteiger partial charge in [-0.25, -0.2) is 0 Å². The summed E-state index contributed by atoms with van der Waals surface area (Å²) in [7, 11) is 0. The van der Waals surface area contributed by atoms with Crippen LogP contribution in [0.15, 0.2) is 0 Å². The van der Waals surface area contributed by atoms with Crippen molar-refractivity contribution in [3.8, 4) is 0 Å². The van der Waals surface area contributed by atoms with Crippen LogP contribution in [-0.4, -0.2) is 59.6 Å². The second-order valence-corrected chi connectivity index (χ2v) is 5.33. The van der Waals surface area contributed by atoms with Crippen LogP contribution in [0.25, 0.3) is 0 Å². The quantitative estimate of drug-likeness (QED) is 0.778. The highest BCUT2D eigenvalue weighted by atomic mass is 16.3. The highest BCUT2D eigenvalue weighted by Gasteiger charge is 2.24. The molecule has 17 heavy (non-hydrogen) atoms. The second-order valence-electron chi connectivity index (χ2n) is 5.33. The van der Waals surface area contributed by atoms with Crippen molar-refractivity contribution in [3.63, 3.8) is 0 Å². The standard InChI is InChI=1S/C13H24N2O2/c16-12-6-9-14(10-12)11-13(17)15-7-4-2-1-3-5-8-15/h12,16H,1-11H2. The normalized spacial score (nSPS) is 27.8. The molecule has 0 saturated carbocycles. The Labute approximate surface area is 104 Å². The molecule has 1 N–H and O–H groups in total. The molecule has 0 aromatic rings. The van der Waals surface area contributed by atoms with Crippen molar-refractivity contribution < 1.29 is 9.90 Å². The van der Waals surface area contributed by atoms with Gasteiger partial charge < -0.3 is 10.0 Å². The lowest BCUT2D eigenvalue weighted by Gasteiger charge is -2.26. The zero-order valence-corrected chi connectivity index (χ0v) is 10.6. The monoisotopic (exact) mass is 240 g/mol. The number of aliphatic hydroxyl groups is 1. The fourth-order valence-corrected chi connectivity index (χ4v) is 2.74. The van der Waals surface area contributed by atoms with E-state index < -0.39 is 0 Å². The first-order chi connectivity index (χ1) is 8.25. The van der Waals surface area contributed by atoms with Gasteiger partial charge in [0, 0.05) is 26.2 Å². The van der Waals surface area contributed by atoms with E-state index in [9.17, 15) is 9.90 Å².